The summed E-state index contributed by atoms with van der Waals surface area (Å²) in [5.41, 5.74) is 3.18. The van der Waals surface area contributed by atoms with Gasteiger partial charge in [-0.05, 0) is 73.8 Å². The van der Waals surface area contributed by atoms with Gasteiger partial charge in [-0.1, -0.05) is 24.3 Å². The van der Waals surface area contributed by atoms with Gasteiger partial charge in [0.05, 0.1) is 15.2 Å². The molecule has 0 bridgehead atoms. The number of carbonyl (C=O) groups excluding carboxylic acids is 1. The molecule has 0 radical (unpaired) electrons. The Bertz CT molecular complexity index is 788. The smallest absolute Gasteiger partial charge is 0.277 e. The maximum Gasteiger partial charge on any atom is 0.277 e. The molecule has 2 aromatic carbocycles. The van der Waals surface area contributed by atoms with Crippen molar-refractivity contribution in [2.45, 2.75) is 0 Å². The average Bonchev–Trinajstić information content (AvgIpc) is 2.60. The highest BCUT2D eigenvalue weighted by Gasteiger charge is 2.08. The van der Waals surface area contributed by atoms with Crippen LogP contribution in [-0.4, -0.2) is 25.3 Å². The molecule has 8 heteroatoms. The maximum absolute atomic E-state index is 11.8. The maximum atomic E-state index is 11.8. The number of hydrazone groups is 1. The summed E-state index contributed by atoms with van der Waals surface area (Å²) in [6.45, 7) is 3.86. The van der Waals surface area contributed by atoms with Crippen LogP contribution in [0.15, 0.2) is 63.1 Å². The van der Waals surface area contributed by atoms with Crippen molar-refractivity contribution in [2.75, 3.05) is 13.2 Å². The number of carbonyl (C=O) groups is 1. The van der Waals surface area contributed by atoms with Gasteiger partial charge in [-0.15, -0.1) is 0 Å². The highest BCUT2D eigenvalue weighted by molar-refractivity contribution is 9.11. The lowest BCUT2D eigenvalue weighted by molar-refractivity contribution is -0.123. The Labute approximate surface area is 173 Å². The minimum atomic E-state index is -0.375. The molecule has 0 fully saturated rings. The van der Waals surface area contributed by atoms with Crippen molar-refractivity contribution in [1.82, 2.24) is 5.43 Å². The molecule has 0 atom stereocenters. The van der Waals surface area contributed by atoms with Crippen molar-refractivity contribution in [1.29, 1.82) is 0 Å². The van der Waals surface area contributed by atoms with E-state index in [1.807, 2.05) is 12.1 Å². The molecule has 26 heavy (non-hydrogen) atoms. The molecule has 1 N–H and O–H groups in total. The van der Waals surface area contributed by atoms with Crippen LogP contribution in [-0.2, 0) is 4.79 Å². The highest BCUT2D eigenvalue weighted by Crippen LogP contribution is 2.34. The number of halogens is 3. The third-order valence-corrected chi connectivity index (χ3v) is 4.38. The number of hydrogen-bond donors (Lipinski definition) is 1. The molecule has 0 saturated carbocycles. The Morgan fingerprint density at radius 3 is 2.46 bits per heavy atom. The zero-order valence-electron chi connectivity index (χ0n) is 13.5. The molecule has 0 aliphatic rings. The zero-order valence-corrected chi connectivity index (χ0v) is 17.5. The van der Waals surface area contributed by atoms with Crippen molar-refractivity contribution in [3.63, 3.8) is 0 Å². The van der Waals surface area contributed by atoms with Gasteiger partial charge in [-0.25, -0.2) is 5.43 Å². The molecule has 2 rings (SSSR count). The first-order chi connectivity index (χ1) is 12.5. The Morgan fingerprint density at radius 1 is 1.19 bits per heavy atom. The summed E-state index contributed by atoms with van der Waals surface area (Å²) in [5, 5.41) is 4.52. The molecule has 0 aliphatic heterocycles. The van der Waals surface area contributed by atoms with Crippen LogP contribution in [0.5, 0.6) is 11.5 Å². The summed E-state index contributed by atoms with van der Waals surface area (Å²) in [4.78, 5) is 11.8. The summed E-state index contributed by atoms with van der Waals surface area (Å²) in [7, 11) is 0. The van der Waals surface area contributed by atoms with E-state index in [2.05, 4.69) is 49.0 Å². The molecule has 0 aromatic heterocycles. The topological polar surface area (TPSA) is 59.9 Å². The van der Waals surface area contributed by atoms with Gasteiger partial charge in [0.2, 0.25) is 0 Å². The third kappa shape index (κ3) is 6.48. The first-order valence-corrected chi connectivity index (χ1v) is 9.39. The SMILES string of the molecule is C=CCOc1c(Br)cc(/C=N\NC(=O)COc2ccc(Cl)cc2)cc1Br. The van der Waals surface area contributed by atoms with Gasteiger partial charge < -0.3 is 9.47 Å². The number of ether oxygens (including phenoxy) is 2. The van der Waals surface area contributed by atoms with Crippen LogP contribution in [0.3, 0.4) is 0 Å². The molecule has 5 nitrogen and oxygen atoms in total. The summed E-state index contributed by atoms with van der Waals surface area (Å²) in [6, 6.07) is 10.4. The van der Waals surface area contributed by atoms with Gasteiger partial charge in [0.15, 0.2) is 6.61 Å². The number of nitrogens with zero attached hydrogens (tertiary/aromatic N) is 1. The number of benzene rings is 2. The monoisotopic (exact) mass is 500 g/mol. The number of rotatable bonds is 8. The van der Waals surface area contributed by atoms with Crippen molar-refractivity contribution >= 4 is 55.6 Å². The fraction of sp³-hybridized carbons (Fsp3) is 0.111. The average molecular weight is 503 g/mol. The van der Waals surface area contributed by atoms with Gasteiger partial charge in [-0.3, -0.25) is 4.79 Å². The molecule has 0 heterocycles. The molecule has 0 aliphatic carbocycles. The number of hydrogen-bond acceptors (Lipinski definition) is 4. The molecule has 0 saturated heterocycles. The van der Waals surface area contributed by atoms with Gasteiger partial charge in [-0.2, -0.15) is 5.10 Å². The summed E-state index contributed by atoms with van der Waals surface area (Å²) in [6.07, 6.45) is 3.18. The van der Waals surface area contributed by atoms with E-state index >= 15 is 0 Å². The fourth-order valence-electron chi connectivity index (χ4n) is 1.82. The minimum Gasteiger partial charge on any atom is -0.487 e. The summed E-state index contributed by atoms with van der Waals surface area (Å²) < 4.78 is 12.4. The fourth-order valence-corrected chi connectivity index (χ4v) is 3.40. The quantitative estimate of drug-likeness (QED) is 0.315. The van der Waals surface area contributed by atoms with Gasteiger partial charge in [0.25, 0.3) is 5.91 Å². The first kappa shape index (κ1) is 20.5. The van der Waals surface area contributed by atoms with Crippen molar-refractivity contribution < 1.29 is 14.3 Å². The van der Waals surface area contributed by atoms with Crippen molar-refractivity contribution in [3.8, 4) is 11.5 Å². The van der Waals surface area contributed by atoms with Crippen LogP contribution >= 0.6 is 43.5 Å². The predicted octanol–water partition coefficient (Wildman–Crippen LogP) is 4.96. The van der Waals surface area contributed by atoms with E-state index < -0.39 is 0 Å². The van der Waals surface area contributed by atoms with E-state index in [4.69, 9.17) is 21.1 Å². The Hall–Kier alpha value is -1.83. The Balaban J connectivity index is 1.88. The Morgan fingerprint density at radius 2 is 1.85 bits per heavy atom. The van der Waals surface area contributed by atoms with E-state index in [0.717, 1.165) is 14.5 Å². The largest absolute Gasteiger partial charge is 0.487 e. The third-order valence-electron chi connectivity index (χ3n) is 2.95. The van der Waals surface area contributed by atoms with E-state index in [9.17, 15) is 4.79 Å². The summed E-state index contributed by atoms with van der Waals surface area (Å²) >= 11 is 12.7. The number of nitrogens with one attached hydrogen (secondary N) is 1. The lowest BCUT2D eigenvalue weighted by atomic mass is 10.2. The van der Waals surface area contributed by atoms with Crippen LogP contribution < -0.4 is 14.9 Å². The second-order valence-corrected chi connectivity index (χ2v) is 7.09. The molecular formula is C18H15Br2ClN2O3. The molecule has 0 unspecified atom stereocenters. The van der Waals surface area contributed by atoms with Crippen LogP contribution in [0.1, 0.15) is 5.56 Å². The predicted molar refractivity (Wildman–Crippen MR) is 110 cm³/mol. The van der Waals surface area contributed by atoms with Crippen LogP contribution in [0.4, 0.5) is 0 Å². The van der Waals surface area contributed by atoms with Crippen molar-refractivity contribution in [3.05, 3.63) is 68.6 Å². The second-order valence-electron chi connectivity index (χ2n) is 4.95. The molecular weight excluding hydrogens is 487 g/mol. The second kappa shape index (κ2) is 10.4. The van der Waals surface area contributed by atoms with Crippen LogP contribution in [0.2, 0.25) is 5.02 Å². The molecule has 2 aromatic rings. The zero-order chi connectivity index (χ0) is 18.9. The van der Waals surface area contributed by atoms with Crippen LogP contribution in [0.25, 0.3) is 0 Å². The van der Waals surface area contributed by atoms with E-state index in [0.29, 0.717) is 23.1 Å². The lowest BCUT2D eigenvalue weighted by Crippen LogP contribution is -2.24. The molecule has 136 valence electrons. The molecule has 0 spiro atoms. The van der Waals surface area contributed by atoms with E-state index in [-0.39, 0.29) is 12.5 Å². The van der Waals surface area contributed by atoms with E-state index in [1.165, 1.54) is 6.21 Å². The highest BCUT2D eigenvalue weighted by atomic mass is 79.9. The summed E-state index contributed by atoms with van der Waals surface area (Å²) in [5.74, 6) is 0.847. The van der Waals surface area contributed by atoms with Crippen molar-refractivity contribution in [2.24, 2.45) is 5.10 Å². The van der Waals surface area contributed by atoms with Gasteiger partial charge in [0, 0.05) is 5.02 Å². The number of amides is 1. The normalized spacial score (nSPS) is 10.6. The van der Waals surface area contributed by atoms with Gasteiger partial charge >= 0.3 is 0 Å². The van der Waals surface area contributed by atoms with Gasteiger partial charge in [0.1, 0.15) is 18.1 Å². The van der Waals surface area contributed by atoms with Crippen LogP contribution in [0, 0.1) is 0 Å². The first-order valence-electron chi connectivity index (χ1n) is 7.42. The standard InChI is InChI=1S/C18H15Br2ClN2O3/c1-2-7-25-18-15(19)8-12(9-16(18)20)10-22-23-17(24)11-26-14-5-3-13(21)4-6-14/h2-6,8-10H,1,7,11H2,(H,23,24)/b22-10-. The minimum absolute atomic E-state index is 0.152. The lowest BCUT2D eigenvalue weighted by Gasteiger charge is -2.09. The van der Waals surface area contributed by atoms with E-state index in [1.54, 1.807) is 30.3 Å². The molecule has 1 amide bonds. The Kier molecular flexibility index (Phi) is 8.15.